The lowest BCUT2D eigenvalue weighted by Crippen LogP contribution is -2.27. The van der Waals surface area contributed by atoms with E-state index in [0.29, 0.717) is 6.04 Å². The fraction of sp³-hybridized carbons (Fsp3) is 0.294. The number of rotatable bonds is 2. The van der Waals surface area contributed by atoms with E-state index in [1.807, 2.05) is 6.07 Å². The molecule has 2 heteroatoms. The molecule has 98 valence electrons. The van der Waals surface area contributed by atoms with Crippen molar-refractivity contribution in [2.24, 2.45) is 0 Å². The quantitative estimate of drug-likeness (QED) is 0.802. The average Bonchev–Trinajstić information content (AvgIpc) is 2.42. The van der Waals surface area contributed by atoms with Gasteiger partial charge in [0.15, 0.2) is 0 Å². The Morgan fingerprint density at radius 1 is 1.11 bits per heavy atom. The monoisotopic (exact) mass is 252 g/mol. The first-order chi connectivity index (χ1) is 9.22. The van der Waals surface area contributed by atoms with Crippen molar-refractivity contribution < 1.29 is 0 Å². The molecule has 1 aliphatic rings. The minimum Gasteiger partial charge on any atom is -0.397 e. The summed E-state index contributed by atoms with van der Waals surface area (Å²) in [4.78, 5) is 0. The molecule has 0 bridgehead atoms. The van der Waals surface area contributed by atoms with E-state index in [1.54, 1.807) is 0 Å². The SMILES string of the molecule is Cc1ccc(NC2CCc3ccccc3C2)c(N)c1. The Hall–Kier alpha value is -1.96. The highest BCUT2D eigenvalue weighted by atomic mass is 14.9. The molecule has 0 aliphatic heterocycles. The Morgan fingerprint density at radius 3 is 2.68 bits per heavy atom. The zero-order chi connectivity index (χ0) is 13.2. The molecule has 1 atom stereocenters. The van der Waals surface area contributed by atoms with Crippen LogP contribution in [0, 0.1) is 6.92 Å². The predicted octanol–water partition coefficient (Wildman–Crippen LogP) is 3.55. The number of fused-ring (bicyclic) bond motifs is 1. The topological polar surface area (TPSA) is 38.0 Å². The number of anilines is 2. The number of nitrogens with two attached hydrogens (primary N) is 1. The summed E-state index contributed by atoms with van der Waals surface area (Å²) in [5.74, 6) is 0. The molecule has 0 saturated heterocycles. The van der Waals surface area contributed by atoms with Crippen LogP contribution in [0.1, 0.15) is 23.1 Å². The molecule has 3 rings (SSSR count). The smallest absolute Gasteiger partial charge is 0.0576 e. The van der Waals surface area contributed by atoms with E-state index in [0.717, 1.165) is 24.2 Å². The van der Waals surface area contributed by atoms with Gasteiger partial charge >= 0.3 is 0 Å². The van der Waals surface area contributed by atoms with Gasteiger partial charge in [0.25, 0.3) is 0 Å². The van der Waals surface area contributed by atoms with Crippen LogP contribution in [0.2, 0.25) is 0 Å². The van der Waals surface area contributed by atoms with Gasteiger partial charge in [0.2, 0.25) is 0 Å². The van der Waals surface area contributed by atoms with Gasteiger partial charge in [0.05, 0.1) is 11.4 Å². The molecule has 19 heavy (non-hydrogen) atoms. The van der Waals surface area contributed by atoms with Crippen molar-refractivity contribution in [3.05, 3.63) is 59.2 Å². The number of nitrogens with one attached hydrogen (secondary N) is 1. The van der Waals surface area contributed by atoms with Crippen molar-refractivity contribution in [1.29, 1.82) is 0 Å². The molecule has 2 nitrogen and oxygen atoms in total. The van der Waals surface area contributed by atoms with Crippen LogP contribution in [0.4, 0.5) is 11.4 Å². The Kier molecular flexibility index (Phi) is 3.16. The predicted molar refractivity (Wildman–Crippen MR) is 81.5 cm³/mol. The van der Waals surface area contributed by atoms with Crippen molar-refractivity contribution in [2.75, 3.05) is 11.1 Å². The zero-order valence-corrected chi connectivity index (χ0v) is 11.3. The van der Waals surface area contributed by atoms with Gasteiger partial charge in [-0.1, -0.05) is 30.3 Å². The van der Waals surface area contributed by atoms with Gasteiger partial charge in [-0.15, -0.1) is 0 Å². The maximum absolute atomic E-state index is 6.07. The van der Waals surface area contributed by atoms with Gasteiger partial charge < -0.3 is 11.1 Å². The molecule has 0 radical (unpaired) electrons. The molecular weight excluding hydrogens is 232 g/mol. The molecule has 3 N–H and O–H groups in total. The summed E-state index contributed by atoms with van der Waals surface area (Å²) in [5, 5.41) is 3.59. The maximum atomic E-state index is 6.07. The highest BCUT2D eigenvalue weighted by Gasteiger charge is 2.18. The second kappa shape index (κ2) is 4.96. The van der Waals surface area contributed by atoms with E-state index in [2.05, 4.69) is 48.6 Å². The summed E-state index contributed by atoms with van der Waals surface area (Å²) in [7, 11) is 0. The average molecular weight is 252 g/mol. The van der Waals surface area contributed by atoms with Gasteiger partial charge in [-0.2, -0.15) is 0 Å². The normalized spacial score (nSPS) is 17.8. The fourth-order valence-electron chi connectivity index (χ4n) is 2.85. The van der Waals surface area contributed by atoms with Crippen LogP contribution in [0.15, 0.2) is 42.5 Å². The summed E-state index contributed by atoms with van der Waals surface area (Å²) < 4.78 is 0. The van der Waals surface area contributed by atoms with E-state index in [1.165, 1.54) is 23.1 Å². The number of hydrogen-bond donors (Lipinski definition) is 2. The minimum absolute atomic E-state index is 0.486. The third-order valence-corrected chi connectivity index (χ3v) is 3.91. The minimum atomic E-state index is 0.486. The number of nitrogen functional groups attached to an aromatic ring is 1. The van der Waals surface area contributed by atoms with Gasteiger partial charge in [0.1, 0.15) is 0 Å². The van der Waals surface area contributed by atoms with E-state index in [-0.39, 0.29) is 0 Å². The fourth-order valence-corrected chi connectivity index (χ4v) is 2.85. The third kappa shape index (κ3) is 2.58. The second-order valence-electron chi connectivity index (χ2n) is 5.44. The lowest BCUT2D eigenvalue weighted by molar-refractivity contribution is 0.611. The van der Waals surface area contributed by atoms with Crippen LogP contribution < -0.4 is 11.1 Å². The summed E-state index contributed by atoms with van der Waals surface area (Å²) in [5.41, 5.74) is 12.2. The lowest BCUT2D eigenvalue weighted by Gasteiger charge is -2.27. The summed E-state index contributed by atoms with van der Waals surface area (Å²) in [6.07, 6.45) is 3.41. The first-order valence-electron chi connectivity index (χ1n) is 6.92. The van der Waals surface area contributed by atoms with Gasteiger partial charge in [-0.3, -0.25) is 0 Å². The molecular formula is C17H20N2. The number of benzene rings is 2. The van der Waals surface area contributed by atoms with Crippen LogP contribution >= 0.6 is 0 Å². The molecule has 0 fully saturated rings. The van der Waals surface area contributed by atoms with Crippen molar-refractivity contribution in [3.8, 4) is 0 Å². The Morgan fingerprint density at radius 2 is 1.89 bits per heavy atom. The first-order valence-corrected chi connectivity index (χ1v) is 6.92. The highest BCUT2D eigenvalue weighted by molar-refractivity contribution is 5.67. The van der Waals surface area contributed by atoms with Crippen molar-refractivity contribution in [3.63, 3.8) is 0 Å². The Balaban J connectivity index is 1.75. The molecule has 0 heterocycles. The third-order valence-electron chi connectivity index (χ3n) is 3.91. The van der Waals surface area contributed by atoms with Crippen LogP contribution in [-0.4, -0.2) is 6.04 Å². The second-order valence-corrected chi connectivity index (χ2v) is 5.44. The standard InChI is InChI=1S/C17H20N2/c1-12-6-9-17(16(18)10-12)19-15-8-7-13-4-2-3-5-14(13)11-15/h2-6,9-10,15,19H,7-8,11,18H2,1H3. The largest absolute Gasteiger partial charge is 0.397 e. The summed E-state index contributed by atoms with van der Waals surface area (Å²) >= 11 is 0. The van der Waals surface area contributed by atoms with Crippen LogP contribution in [-0.2, 0) is 12.8 Å². The molecule has 0 aromatic heterocycles. The summed E-state index contributed by atoms with van der Waals surface area (Å²) in [6.45, 7) is 2.07. The molecule has 0 spiro atoms. The zero-order valence-electron chi connectivity index (χ0n) is 11.3. The Labute approximate surface area is 114 Å². The molecule has 1 unspecified atom stereocenters. The van der Waals surface area contributed by atoms with Crippen LogP contribution in [0.5, 0.6) is 0 Å². The molecule has 0 amide bonds. The summed E-state index contributed by atoms with van der Waals surface area (Å²) in [6, 6.07) is 15.4. The number of aryl methyl sites for hydroxylation is 2. The van der Waals surface area contributed by atoms with Crippen molar-refractivity contribution in [2.45, 2.75) is 32.2 Å². The van der Waals surface area contributed by atoms with E-state index >= 15 is 0 Å². The van der Waals surface area contributed by atoms with E-state index in [9.17, 15) is 0 Å². The van der Waals surface area contributed by atoms with Gasteiger partial charge in [-0.05, 0) is 55.0 Å². The Bertz CT molecular complexity index is 590. The first kappa shape index (κ1) is 12.1. The molecule has 0 saturated carbocycles. The highest BCUT2D eigenvalue weighted by Crippen LogP contribution is 2.26. The van der Waals surface area contributed by atoms with Crippen molar-refractivity contribution in [1.82, 2.24) is 0 Å². The molecule has 2 aromatic rings. The van der Waals surface area contributed by atoms with Gasteiger partial charge in [0, 0.05) is 6.04 Å². The lowest BCUT2D eigenvalue weighted by atomic mass is 9.88. The van der Waals surface area contributed by atoms with Crippen molar-refractivity contribution >= 4 is 11.4 Å². The van der Waals surface area contributed by atoms with Gasteiger partial charge in [-0.25, -0.2) is 0 Å². The number of hydrogen-bond acceptors (Lipinski definition) is 2. The molecule has 1 aliphatic carbocycles. The van der Waals surface area contributed by atoms with E-state index in [4.69, 9.17) is 5.73 Å². The van der Waals surface area contributed by atoms with Crippen LogP contribution in [0.25, 0.3) is 0 Å². The van der Waals surface area contributed by atoms with E-state index < -0.39 is 0 Å². The van der Waals surface area contributed by atoms with Crippen LogP contribution in [0.3, 0.4) is 0 Å². The molecule has 2 aromatic carbocycles. The maximum Gasteiger partial charge on any atom is 0.0576 e.